The SMILES string of the molecule is Cc1noc(-c2cc(C)sc2C)n1. The molecule has 0 radical (unpaired) electrons. The third kappa shape index (κ3) is 1.49. The minimum Gasteiger partial charge on any atom is -0.334 e. The van der Waals surface area contributed by atoms with Gasteiger partial charge in [-0.25, -0.2) is 0 Å². The van der Waals surface area contributed by atoms with E-state index in [2.05, 4.69) is 30.1 Å². The molecule has 0 N–H and O–H groups in total. The molecule has 0 unspecified atom stereocenters. The summed E-state index contributed by atoms with van der Waals surface area (Å²) in [4.78, 5) is 6.67. The normalized spacial score (nSPS) is 10.7. The van der Waals surface area contributed by atoms with E-state index in [1.807, 2.05) is 6.92 Å². The molecule has 2 rings (SSSR count). The Morgan fingerprint density at radius 2 is 2.08 bits per heavy atom. The van der Waals surface area contributed by atoms with Crippen molar-refractivity contribution >= 4 is 11.3 Å². The van der Waals surface area contributed by atoms with Gasteiger partial charge < -0.3 is 4.52 Å². The van der Waals surface area contributed by atoms with Crippen LogP contribution in [0.4, 0.5) is 0 Å². The van der Waals surface area contributed by atoms with Crippen molar-refractivity contribution in [2.24, 2.45) is 0 Å². The predicted octanol–water partition coefficient (Wildman–Crippen LogP) is 2.72. The van der Waals surface area contributed by atoms with Crippen molar-refractivity contribution in [2.75, 3.05) is 0 Å². The number of aromatic nitrogens is 2. The van der Waals surface area contributed by atoms with Crippen molar-refractivity contribution in [3.05, 3.63) is 21.6 Å². The Balaban J connectivity index is 2.51. The lowest BCUT2D eigenvalue weighted by Gasteiger charge is -1.88. The molecular formula is C9H10N2OS. The fraction of sp³-hybridized carbons (Fsp3) is 0.333. The first kappa shape index (κ1) is 8.44. The Kier molecular flexibility index (Phi) is 1.92. The lowest BCUT2D eigenvalue weighted by molar-refractivity contribution is 0.425. The van der Waals surface area contributed by atoms with Crippen LogP contribution < -0.4 is 0 Å². The van der Waals surface area contributed by atoms with Gasteiger partial charge in [-0.3, -0.25) is 0 Å². The van der Waals surface area contributed by atoms with Crippen LogP contribution in [0, 0.1) is 20.8 Å². The van der Waals surface area contributed by atoms with E-state index in [9.17, 15) is 0 Å². The Labute approximate surface area is 80.4 Å². The number of aryl methyl sites for hydroxylation is 3. The van der Waals surface area contributed by atoms with Crippen molar-refractivity contribution in [1.29, 1.82) is 0 Å². The third-order valence-electron chi connectivity index (χ3n) is 1.80. The Morgan fingerprint density at radius 1 is 1.31 bits per heavy atom. The van der Waals surface area contributed by atoms with Crippen LogP contribution in [0.5, 0.6) is 0 Å². The van der Waals surface area contributed by atoms with Gasteiger partial charge in [0.2, 0.25) is 0 Å². The fourth-order valence-corrected chi connectivity index (χ4v) is 2.17. The Morgan fingerprint density at radius 3 is 2.54 bits per heavy atom. The van der Waals surface area contributed by atoms with E-state index in [0.29, 0.717) is 11.7 Å². The zero-order valence-electron chi connectivity index (χ0n) is 7.79. The molecule has 13 heavy (non-hydrogen) atoms. The summed E-state index contributed by atoms with van der Waals surface area (Å²) in [5.41, 5.74) is 1.06. The minimum atomic E-state index is 0.624. The predicted molar refractivity (Wildman–Crippen MR) is 51.8 cm³/mol. The number of hydrogen-bond donors (Lipinski definition) is 0. The second-order valence-corrected chi connectivity index (χ2v) is 4.43. The average Bonchev–Trinajstić information content (AvgIpc) is 2.58. The first-order chi connectivity index (χ1) is 6.16. The van der Waals surface area contributed by atoms with Crippen LogP contribution in [-0.4, -0.2) is 10.1 Å². The molecule has 0 bridgehead atoms. The highest BCUT2D eigenvalue weighted by Gasteiger charge is 2.11. The molecule has 0 aliphatic carbocycles. The summed E-state index contributed by atoms with van der Waals surface area (Å²) in [6.07, 6.45) is 0. The largest absolute Gasteiger partial charge is 0.334 e. The van der Waals surface area contributed by atoms with Gasteiger partial charge in [0.15, 0.2) is 5.82 Å². The summed E-state index contributed by atoms with van der Waals surface area (Å²) >= 11 is 1.75. The van der Waals surface area contributed by atoms with E-state index >= 15 is 0 Å². The van der Waals surface area contributed by atoms with Crippen molar-refractivity contribution in [1.82, 2.24) is 10.1 Å². The van der Waals surface area contributed by atoms with Gasteiger partial charge in [-0.2, -0.15) is 4.98 Å². The van der Waals surface area contributed by atoms with Crippen LogP contribution in [0.15, 0.2) is 10.6 Å². The molecule has 0 spiro atoms. The molecule has 0 atom stereocenters. The van der Waals surface area contributed by atoms with E-state index < -0.39 is 0 Å². The first-order valence-corrected chi connectivity index (χ1v) is 4.86. The lowest BCUT2D eigenvalue weighted by Crippen LogP contribution is -1.76. The topological polar surface area (TPSA) is 38.9 Å². The molecular weight excluding hydrogens is 184 g/mol. The second-order valence-electron chi connectivity index (χ2n) is 2.97. The molecule has 4 heteroatoms. The summed E-state index contributed by atoms with van der Waals surface area (Å²) < 4.78 is 5.09. The van der Waals surface area contributed by atoms with Crippen LogP contribution in [0.25, 0.3) is 11.5 Å². The second kappa shape index (κ2) is 2.96. The van der Waals surface area contributed by atoms with Gasteiger partial charge in [0.1, 0.15) is 0 Å². The highest BCUT2D eigenvalue weighted by molar-refractivity contribution is 7.12. The van der Waals surface area contributed by atoms with Gasteiger partial charge in [-0.1, -0.05) is 5.16 Å². The first-order valence-electron chi connectivity index (χ1n) is 4.04. The number of nitrogens with zero attached hydrogens (tertiary/aromatic N) is 2. The average molecular weight is 194 g/mol. The maximum atomic E-state index is 5.09. The molecule has 0 aliphatic rings. The standard InChI is InChI=1S/C9H10N2OS/c1-5-4-8(6(2)13-5)9-10-7(3)11-12-9/h4H,1-3H3. The molecule has 0 aliphatic heterocycles. The molecule has 3 nitrogen and oxygen atoms in total. The molecule has 0 aromatic carbocycles. The zero-order chi connectivity index (χ0) is 9.42. The summed E-state index contributed by atoms with van der Waals surface area (Å²) in [5.74, 6) is 1.30. The monoisotopic (exact) mass is 194 g/mol. The number of rotatable bonds is 1. The molecule has 2 aromatic rings. The van der Waals surface area contributed by atoms with E-state index in [1.165, 1.54) is 9.75 Å². The molecule has 0 saturated heterocycles. The van der Waals surface area contributed by atoms with Crippen LogP contribution in [-0.2, 0) is 0 Å². The number of thiophene rings is 1. The summed E-state index contributed by atoms with van der Waals surface area (Å²) in [6.45, 7) is 5.96. The van der Waals surface area contributed by atoms with Crippen molar-refractivity contribution in [2.45, 2.75) is 20.8 Å². The summed E-state index contributed by atoms with van der Waals surface area (Å²) in [6, 6.07) is 2.08. The Bertz CT molecular complexity index is 431. The third-order valence-corrected chi connectivity index (χ3v) is 2.76. The molecule has 2 heterocycles. The highest BCUT2D eigenvalue weighted by Crippen LogP contribution is 2.28. The quantitative estimate of drug-likeness (QED) is 0.700. The lowest BCUT2D eigenvalue weighted by atomic mass is 10.2. The van der Waals surface area contributed by atoms with Gasteiger partial charge in [-0.15, -0.1) is 11.3 Å². The summed E-state index contributed by atoms with van der Waals surface area (Å²) in [7, 11) is 0. The zero-order valence-corrected chi connectivity index (χ0v) is 8.60. The van der Waals surface area contributed by atoms with Crippen LogP contribution in [0.3, 0.4) is 0 Å². The van der Waals surface area contributed by atoms with Crippen LogP contribution >= 0.6 is 11.3 Å². The molecule has 0 fully saturated rings. The molecule has 68 valence electrons. The highest BCUT2D eigenvalue weighted by atomic mass is 32.1. The van der Waals surface area contributed by atoms with E-state index in [4.69, 9.17) is 4.52 Å². The Hall–Kier alpha value is -1.16. The molecule has 0 amide bonds. The van der Waals surface area contributed by atoms with Crippen LogP contribution in [0.1, 0.15) is 15.6 Å². The number of hydrogen-bond acceptors (Lipinski definition) is 4. The fourth-order valence-electron chi connectivity index (χ4n) is 1.25. The molecule has 0 saturated carbocycles. The van der Waals surface area contributed by atoms with Crippen molar-refractivity contribution < 1.29 is 4.52 Å². The van der Waals surface area contributed by atoms with Gasteiger partial charge >= 0.3 is 0 Å². The van der Waals surface area contributed by atoms with Crippen molar-refractivity contribution in [3.8, 4) is 11.5 Å². The minimum absolute atomic E-state index is 0.624. The van der Waals surface area contributed by atoms with Crippen LogP contribution in [0.2, 0.25) is 0 Å². The van der Waals surface area contributed by atoms with Gasteiger partial charge in [0, 0.05) is 9.75 Å². The van der Waals surface area contributed by atoms with Gasteiger partial charge in [-0.05, 0) is 26.8 Å². The smallest absolute Gasteiger partial charge is 0.259 e. The molecule has 2 aromatic heterocycles. The van der Waals surface area contributed by atoms with E-state index in [0.717, 1.165) is 5.56 Å². The maximum Gasteiger partial charge on any atom is 0.259 e. The van der Waals surface area contributed by atoms with Gasteiger partial charge in [0.25, 0.3) is 5.89 Å². The van der Waals surface area contributed by atoms with Crippen molar-refractivity contribution in [3.63, 3.8) is 0 Å². The maximum absolute atomic E-state index is 5.09. The van der Waals surface area contributed by atoms with E-state index in [-0.39, 0.29) is 0 Å². The van der Waals surface area contributed by atoms with E-state index in [1.54, 1.807) is 11.3 Å². The van der Waals surface area contributed by atoms with Gasteiger partial charge in [0.05, 0.1) is 5.56 Å². The summed E-state index contributed by atoms with van der Waals surface area (Å²) in [5, 5.41) is 3.76.